The molecule has 0 saturated heterocycles. The SMILES string of the molecule is CCc1nn(C)c(C(=O)CCc2ccc(C(C)(C)CC)cc2)c1Cl. The van der Waals surface area contributed by atoms with Crippen LogP contribution in [-0.2, 0) is 25.3 Å². The second-order valence-electron chi connectivity index (χ2n) is 6.94. The van der Waals surface area contributed by atoms with Gasteiger partial charge in [0.2, 0.25) is 0 Å². The number of ketones is 1. The molecule has 0 aliphatic rings. The number of nitrogens with zero attached hydrogens (tertiary/aromatic N) is 2. The van der Waals surface area contributed by atoms with Crippen LogP contribution in [0.2, 0.25) is 5.02 Å². The Hall–Kier alpha value is -1.61. The van der Waals surface area contributed by atoms with Gasteiger partial charge in [0.05, 0.1) is 10.7 Å². The van der Waals surface area contributed by atoms with Crippen molar-refractivity contribution in [1.29, 1.82) is 0 Å². The van der Waals surface area contributed by atoms with Gasteiger partial charge in [0.25, 0.3) is 0 Å². The molecule has 0 N–H and O–H groups in total. The van der Waals surface area contributed by atoms with Gasteiger partial charge in [0.15, 0.2) is 5.78 Å². The summed E-state index contributed by atoms with van der Waals surface area (Å²) in [7, 11) is 1.78. The number of aryl methyl sites for hydroxylation is 3. The van der Waals surface area contributed by atoms with Crippen molar-refractivity contribution in [3.8, 4) is 0 Å². The third kappa shape index (κ3) is 3.89. The molecule has 3 nitrogen and oxygen atoms in total. The van der Waals surface area contributed by atoms with Crippen molar-refractivity contribution in [1.82, 2.24) is 9.78 Å². The average Bonchev–Trinajstić information content (AvgIpc) is 2.87. The van der Waals surface area contributed by atoms with E-state index in [0.29, 0.717) is 23.6 Å². The smallest absolute Gasteiger partial charge is 0.182 e. The van der Waals surface area contributed by atoms with Gasteiger partial charge in [0, 0.05) is 13.5 Å². The highest BCUT2D eigenvalue weighted by molar-refractivity contribution is 6.34. The average molecular weight is 347 g/mol. The Balaban J connectivity index is 2.06. The first-order valence-electron chi connectivity index (χ1n) is 8.64. The largest absolute Gasteiger partial charge is 0.292 e. The minimum Gasteiger partial charge on any atom is -0.292 e. The lowest BCUT2D eigenvalue weighted by Crippen LogP contribution is -2.15. The first kappa shape index (κ1) is 18.7. The van der Waals surface area contributed by atoms with Gasteiger partial charge in [-0.05, 0) is 35.8 Å². The summed E-state index contributed by atoms with van der Waals surface area (Å²) < 4.78 is 1.61. The highest BCUT2D eigenvalue weighted by atomic mass is 35.5. The molecular weight excluding hydrogens is 320 g/mol. The Morgan fingerprint density at radius 1 is 1.21 bits per heavy atom. The fraction of sp³-hybridized carbons (Fsp3) is 0.500. The Morgan fingerprint density at radius 3 is 2.33 bits per heavy atom. The lowest BCUT2D eigenvalue weighted by molar-refractivity contribution is 0.0974. The summed E-state index contributed by atoms with van der Waals surface area (Å²) in [4.78, 5) is 12.5. The number of Topliss-reactive ketones (excluding diaryl/α,β-unsaturated/α-hetero) is 1. The summed E-state index contributed by atoms with van der Waals surface area (Å²) in [6.45, 7) is 8.69. The number of halogens is 1. The summed E-state index contributed by atoms with van der Waals surface area (Å²) in [5, 5.41) is 4.82. The van der Waals surface area contributed by atoms with Crippen LogP contribution in [0.25, 0.3) is 0 Å². The van der Waals surface area contributed by atoms with Crippen molar-refractivity contribution in [2.45, 2.75) is 58.8 Å². The van der Waals surface area contributed by atoms with Crippen LogP contribution in [0.4, 0.5) is 0 Å². The van der Waals surface area contributed by atoms with Crippen molar-refractivity contribution < 1.29 is 4.79 Å². The Kier molecular flexibility index (Phi) is 5.87. The van der Waals surface area contributed by atoms with E-state index in [-0.39, 0.29) is 11.2 Å². The van der Waals surface area contributed by atoms with Crippen LogP contribution >= 0.6 is 11.6 Å². The van der Waals surface area contributed by atoms with Crippen LogP contribution in [0, 0.1) is 0 Å². The molecule has 0 aliphatic carbocycles. The van der Waals surface area contributed by atoms with Crippen molar-refractivity contribution >= 4 is 17.4 Å². The third-order valence-electron chi connectivity index (χ3n) is 4.91. The molecule has 0 spiro atoms. The second kappa shape index (κ2) is 7.52. The molecule has 1 heterocycles. The third-order valence-corrected chi connectivity index (χ3v) is 5.31. The number of aromatic nitrogens is 2. The molecule has 0 radical (unpaired) electrons. The van der Waals surface area contributed by atoms with Crippen LogP contribution in [-0.4, -0.2) is 15.6 Å². The van der Waals surface area contributed by atoms with Gasteiger partial charge in [-0.2, -0.15) is 5.10 Å². The molecule has 0 saturated carbocycles. The number of hydrogen-bond acceptors (Lipinski definition) is 2. The van der Waals surface area contributed by atoms with Crippen LogP contribution in [0.5, 0.6) is 0 Å². The highest BCUT2D eigenvalue weighted by Crippen LogP contribution is 2.27. The monoisotopic (exact) mass is 346 g/mol. The molecule has 24 heavy (non-hydrogen) atoms. The maximum atomic E-state index is 12.5. The topological polar surface area (TPSA) is 34.9 Å². The van der Waals surface area contributed by atoms with Gasteiger partial charge in [-0.15, -0.1) is 0 Å². The predicted molar refractivity (Wildman–Crippen MR) is 100 cm³/mol. The molecule has 0 aliphatic heterocycles. The van der Waals surface area contributed by atoms with Crippen LogP contribution in [0.1, 0.15) is 67.8 Å². The zero-order valence-corrected chi connectivity index (χ0v) is 16.1. The zero-order valence-electron chi connectivity index (χ0n) is 15.3. The fourth-order valence-electron chi connectivity index (χ4n) is 2.79. The van der Waals surface area contributed by atoms with Gasteiger partial charge in [-0.1, -0.05) is 63.6 Å². The van der Waals surface area contributed by atoms with Crippen LogP contribution in [0.15, 0.2) is 24.3 Å². The standard InChI is InChI=1S/C20H27ClN2O/c1-6-16-18(21)19(23(5)22-16)17(24)13-10-14-8-11-15(12-9-14)20(3,4)7-2/h8-9,11-12H,6-7,10,13H2,1-5H3. The minimum atomic E-state index is 0.0488. The molecule has 2 rings (SSSR count). The molecule has 0 amide bonds. The molecule has 130 valence electrons. The van der Waals surface area contributed by atoms with E-state index < -0.39 is 0 Å². The number of carbonyl (C=O) groups is 1. The second-order valence-corrected chi connectivity index (χ2v) is 7.32. The molecule has 0 atom stereocenters. The molecule has 0 fully saturated rings. The zero-order chi connectivity index (χ0) is 17.9. The highest BCUT2D eigenvalue weighted by Gasteiger charge is 2.20. The molecule has 0 bridgehead atoms. The summed E-state index contributed by atoms with van der Waals surface area (Å²) in [6.07, 6.45) is 2.99. The maximum Gasteiger partial charge on any atom is 0.182 e. The molecule has 0 unspecified atom stereocenters. The van der Waals surface area contributed by atoms with Gasteiger partial charge >= 0.3 is 0 Å². The summed E-state index contributed by atoms with van der Waals surface area (Å²) in [5.41, 5.74) is 4.01. The van der Waals surface area contributed by atoms with Crippen molar-refractivity contribution in [3.05, 3.63) is 51.8 Å². The summed E-state index contributed by atoms with van der Waals surface area (Å²) in [5.74, 6) is 0.0488. The predicted octanol–water partition coefficient (Wildman–Crippen LogP) is 5.14. The van der Waals surface area contributed by atoms with E-state index in [2.05, 4.69) is 50.1 Å². The van der Waals surface area contributed by atoms with E-state index in [9.17, 15) is 4.79 Å². The maximum absolute atomic E-state index is 12.5. The first-order valence-corrected chi connectivity index (χ1v) is 9.02. The van der Waals surface area contributed by atoms with Crippen LogP contribution in [0.3, 0.4) is 0 Å². The Labute approximate surface area is 150 Å². The lowest BCUT2D eigenvalue weighted by Gasteiger charge is -2.23. The Morgan fingerprint density at radius 2 is 1.83 bits per heavy atom. The van der Waals surface area contributed by atoms with E-state index in [1.807, 2.05) is 6.92 Å². The lowest BCUT2D eigenvalue weighted by atomic mass is 9.82. The van der Waals surface area contributed by atoms with Gasteiger partial charge < -0.3 is 0 Å². The normalized spacial score (nSPS) is 11.8. The molecule has 2 aromatic rings. The molecule has 4 heteroatoms. The van der Waals surface area contributed by atoms with E-state index >= 15 is 0 Å². The molecule has 1 aromatic heterocycles. The quantitative estimate of drug-likeness (QED) is 0.650. The summed E-state index contributed by atoms with van der Waals surface area (Å²) in [6, 6.07) is 8.61. The van der Waals surface area contributed by atoms with E-state index in [1.165, 1.54) is 11.1 Å². The molecule has 1 aromatic carbocycles. The summed E-state index contributed by atoms with van der Waals surface area (Å²) >= 11 is 6.29. The first-order chi connectivity index (χ1) is 11.3. The van der Waals surface area contributed by atoms with Gasteiger partial charge in [-0.25, -0.2) is 0 Å². The van der Waals surface area contributed by atoms with Crippen LogP contribution < -0.4 is 0 Å². The number of benzene rings is 1. The van der Waals surface area contributed by atoms with Gasteiger partial charge in [-0.3, -0.25) is 9.48 Å². The van der Waals surface area contributed by atoms with Gasteiger partial charge in [0.1, 0.15) is 5.69 Å². The number of rotatable bonds is 7. The number of hydrogen-bond donors (Lipinski definition) is 0. The fourth-order valence-corrected chi connectivity index (χ4v) is 3.18. The van der Waals surface area contributed by atoms with Crippen molar-refractivity contribution in [3.63, 3.8) is 0 Å². The van der Waals surface area contributed by atoms with E-state index in [1.54, 1.807) is 11.7 Å². The van der Waals surface area contributed by atoms with Crippen molar-refractivity contribution in [2.24, 2.45) is 7.05 Å². The van der Waals surface area contributed by atoms with Crippen molar-refractivity contribution in [2.75, 3.05) is 0 Å². The number of carbonyl (C=O) groups excluding carboxylic acids is 1. The Bertz CT molecular complexity index is 714. The molecular formula is C20H27ClN2O. The van der Waals surface area contributed by atoms with E-state index in [4.69, 9.17) is 11.6 Å². The minimum absolute atomic E-state index is 0.0488. The van der Waals surface area contributed by atoms with E-state index in [0.717, 1.165) is 18.5 Å².